The van der Waals surface area contributed by atoms with Crippen LogP contribution in [0.3, 0.4) is 0 Å². The molecule has 2 heterocycles. The Hall–Kier alpha value is -1.62. The summed E-state index contributed by atoms with van der Waals surface area (Å²) in [7, 11) is 1.91. The van der Waals surface area contributed by atoms with E-state index >= 15 is 0 Å². The van der Waals surface area contributed by atoms with Gasteiger partial charge in [-0.2, -0.15) is 5.10 Å². The van der Waals surface area contributed by atoms with Gasteiger partial charge in [0.15, 0.2) is 0 Å². The van der Waals surface area contributed by atoms with Gasteiger partial charge in [-0.05, 0) is 6.07 Å². The molecule has 0 aliphatic rings. The highest BCUT2D eigenvalue weighted by molar-refractivity contribution is 6.29. The van der Waals surface area contributed by atoms with E-state index in [1.165, 1.54) is 0 Å². The van der Waals surface area contributed by atoms with Gasteiger partial charge in [-0.15, -0.1) is 0 Å². The summed E-state index contributed by atoms with van der Waals surface area (Å²) in [6.07, 6.45) is 2.78. The molecule has 0 spiro atoms. The SMILES string of the molecule is Cn1ccc(CCNc2cc(Cl)nc(C(C)(C)C)n2)n1. The fourth-order valence-corrected chi connectivity index (χ4v) is 1.94. The third kappa shape index (κ3) is 3.93. The lowest BCUT2D eigenvalue weighted by Gasteiger charge is -2.17. The van der Waals surface area contributed by atoms with Crippen LogP contribution < -0.4 is 5.32 Å². The van der Waals surface area contributed by atoms with E-state index in [-0.39, 0.29) is 5.41 Å². The van der Waals surface area contributed by atoms with Gasteiger partial charge >= 0.3 is 0 Å². The minimum atomic E-state index is -0.123. The van der Waals surface area contributed by atoms with Gasteiger partial charge < -0.3 is 5.32 Å². The van der Waals surface area contributed by atoms with Gasteiger partial charge in [-0.3, -0.25) is 4.68 Å². The van der Waals surface area contributed by atoms with Crippen LogP contribution in [0, 0.1) is 0 Å². The maximum Gasteiger partial charge on any atom is 0.137 e. The molecule has 6 heteroatoms. The van der Waals surface area contributed by atoms with Crippen LogP contribution in [0.15, 0.2) is 18.3 Å². The van der Waals surface area contributed by atoms with Crippen LogP contribution in [-0.4, -0.2) is 26.3 Å². The number of hydrogen-bond acceptors (Lipinski definition) is 4. The number of rotatable bonds is 4. The number of hydrogen-bond donors (Lipinski definition) is 1. The summed E-state index contributed by atoms with van der Waals surface area (Å²) in [6, 6.07) is 3.75. The Labute approximate surface area is 124 Å². The first-order valence-corrected chi connectivity index (χ1v) is 7.00. The zero-order valence-electron chi connectivity index (χ0n) is 12.3. The lowest BCUT2D eigenvalue weighted by Crippen LogP contribution is -2.18. The Bertz CT molecular complexity index is 585. The van der Waals surface area contributed by atoms with Crippen molar-refractivity contribution < 1.29 is 0 Å². The van der Waals surface area contributed by atoms with Gasteiger partial charge in [0.05, 0.1) is 5.69 Å². The molecule has 0 bridgehead atoms. The number of aromatic nitrogens is 4. The van der Waals surface area contributed by atoms with Crippen molar-refractivity contribution in [2.75, 3.05) is 11.9 Å². The van der Waals surface area contributed by atoms with Crippen molar-refractivity contribution in [2.24, 2.45) is 7.05 Å². The summed E-state index contributed by atoms with van der Waals surface area (Å²) in [6.45, 7) is 6.96. The Morgan fingerprint density at radius 1 is 1.30 bits per heavy atom. The van der Waals surface area contributed by atoms with E-state index in [9.17, 15) is 0 Å². The maximum atomic E-state index is 6.05. The number of nitrogens with zero attached hydrogens (tertiary/aromatic N) is 4. The topological polar surface area (TPSA) is 55.6 Å². The van der Waals surface area contributed by atoms with E-state index in [0.29, 0.717) is 5.15 Å². The highest BCUT2D eigenvalue weighted by atomic mass is 35.5. The predicted molar refractivity (Wildman–Crippen MR) is 81.1 cm³/mol. The van der Waals surface area contributed by atoms with Crippen molar-refractivity contribution in [3.05, 3.63) is 35.0 Å². The van der Waals surface area contributed by atoms with E-state index in [2.05, 4.69) is 41.2 Å². The highest BCUT2D eigenvalue weighted by Gasteiger charge is 2.18. The Balaban J connectivity index is 2.00. The Morgan fingerprint density at radius 3 is 2.65 bits per heavy atom. The molecule has 0 unspecified atom stereocenters. The van der Waals surface area contributed by atoms with Crippen molar-refractivity contribution in [2.45, 2.75) is 32.6 Å². The molecule has 0 fully saturated rings. The quantitative estimate of drug-likeness (QED) is 0.881. The molecule has 0 saturated heterocycles. The molecule has 0 aliphatic heterocycles. The Kier molecular flexibility index (Phi) is 4.28. The summed E-state index contributed by atoms with van der Waals surface area (Å²) in [5, 5.41) is 8.07. The summed E-state index contributed by atoms with van der Waals surface area (Å²) >= 11 is 6.05. The molecule has 2 rings (SSSR count). The van der Waals surface area contributed by atoms with Gasteiger partial charge in [0, 0.05) is 37.7 Å². The van der Waals surface area contributed by atoms with E-state index < -0.39 is 0 Å². The average Bonchev–Trinajstić information content (AvgIpc) is 2.73. The second-order valence-corrected chi connectivity index (χ2v) is 6.19. The molecule has 1 N–H and O–H groups in total. The third-order valence-corrected chi connectivity index (χ3v) is 3.02. The number of aryl methyl sites for hydroxylation is 1. The van der Waals surface area contributed by atoms with Crippen LogP contribution in [0.2, 0.25) is 5.15 Å². The predicted octanol–water partition coefficient (Wildman–Crippen LogP) is 2.82. The number of halogens is 1. The third-order valence-electron chi connectivity index (χ3n) is 2.82. The summed E-state index contributed by atoms with van der Waals surface area (Å²) in [4.78, 5) is 8.78. The highest BCUT2D eigenvalue weighted by Crippen LogP contribution is 2.22. The molecule has 0 amide bonds. The summed E-state index contributed by atoms with van der Waals surface area (Å²) < 4.78 is 1.80. The fourth-order valence-electron chi connectivity index (χ4n) is 1.76. The largest absolute Gasteiger partial charge is 0.370 e. The molecule has 108 valence electrons. The standard InChI is InChI=1S/C14H20ClN5/c1-14(2,3)13-17-11(15)9-12(18-13)16-7-5-10-6-8-20(4)19-10/h6,8-9H,5,7H2,1-4H3,(H,16,17,18). The molecule has 0 radical (unpaired) electrons. The molecular formula is C14H20ClN5. The summed E-state index contributed by atoms with van der Waals surface area (Å²) in [5.41, 5.74) is 0.929. The Morgan fingerprint density at radius 2 is 2.05 bits per heavy atom. The number of anilines is 1. The van der Waals surface area contributed by atoms with Crippen LogP contribution in [0.5, 0.6) is 0 Å². The van der Waals surface area contributed by atoms with E-state index in [1.54, 1.807) is 10.7 Å². The van der Waals surface area contributed by atoms with Crippen LogP contribution in [0.25, 0.3) is 0 Å². The van der Waals surface area contributed by atoms with Crippen LogP contribution in [-0.2, 0) is 18.9 Å². The molecule has 0 aromatic carbocycles. The van der Waals surface area contributed by atoms with Crippen LogP contribution in [0.4, 0.5) is 5.82 Å². The second kappa shape index (κ2) is 5.79. The maximum absolute atomic E-state index is 6.05. The molecule has 2 aromatic heterocycles. The first kappa shape index (κ1) is 14.8. The molecular weight excluding hydrogens is 274 g/mol. The monoisotopic (exact) mass is 293 g/mol. The van der Waals surface area contributed by atoms with Gasteiger partial charge in [-0.25, -0.2) is 9.97 Å². The zero-order valence-corrected chi connectivity index (χ0v) is 13.1. The second-order valence-electron chi connectivity index (χ2n) is 5.81. The van der Waals surface area contributed by atoms with Crippen LogP contribution >= 0.6 is 11.6 Å². The van der Waals surface area contributed by atoms with Crippen molar-refractivity contribution in [3.8, 4) is 0 Å². The van der Waals surface area contributed by atoms with E-state index in [1.807, 2.05) is 19.3 Å². The summed E-state index contributed by atoms with van der Waals surface area (Å²) in [5.74, 6) is 1.50. The van der Waals surface area contributed by atoms with Gasteiger partial charge in [-0.1, -0.05) is 32.4 Å². The normalized spacial score (nSPS) is 11.7. The zero-order chi connectivity index (χ0) is 14.8. The van der Waals surface area contributed by atoms with Crippen molar-refractivity contribution in [3.63, 3.8) is 0 Å². The molecule has 20 heavy (non-hydrogen) atoms. The van der Waals surface area contributed by atoms with Gasteiger partial charge in [0.1, 0.15) is 16.8 Å². The first-order valence-electron chi connectivity index (χ1n) is 6.62. The average molecular weight is 294 g/mol. The molecule has 0 atom stereocenters. The molecule has 5 nitrogen and oxygen atoms in total. The van der Waals surface area contributed by atoms with Gasteiger partial charge in [0.25, 0.3) is 0 Å². The van der Waals surface area contributed by atoms with Gasteiger partial charge in [0.2, 0.25) is 0 Å². The molecule has 2 aromatic rings. The molecule has 0 aliphatic carbocycles. The number of nitrogens with one attached hydrogen (secondary N) is 1. The minimum Gasteiger partial charge on any atom is -0.370 e. The first-order chi connectivity index (χ1) is 9.34. The van der Waals surface area contributed by atoms with Crippen molar-refractivity contribution in [1.29, 1.82) is 0 Å². The van der Waals surface area contributed by atoms with Crippen LogP contribution in [0.1, 0.15) is 32.3 Å². The van der Waals surface area contributed by atoms with E-state index in [4.69, 9.17) is 11.6 Å². The smallest absolute Gasteiger partial charge is 0.137 e. The van der Waals surface area contributed by atoms with E-state index in [0.717, 1.165) is 30.3 Å². The van der Waals surface area contributed by atoms with Crippen molar-refractivity contribution >= 4 is 17.4 Å². The fraction of sp³-hybridized carbons (Fsp3) is 0.500. The molecule has 0 saturated carbocycles. The minimum absolute atomic E-state index is 0.123. The lowest BCUT2D eigenvalue weighted by molar-refractivity contribution is 0.546. The van der Waals surface area contributed by atoms with Crippen molar-refractivity contribution in [1.82, 2.24) is 19.7 Å². The lowest BCUT2D eigenvalue weighted by atomic mass is 9.96.